The second kappa shape index (κ2) is 9.63. The van der Waals surface area contributed by atoms with Gasteiger partial charge in [0, 0.05) is 18.3 Å². The zero-order valence-electron chi connectivity index (χ0n) is 17.1. The number of carbonyl (C=O) groups excluding carboxylic acids is 3. The Morgan fingerprint density at radius 2 is 2.00 bits per heavy atom. The summed E-state index contributed by atoms with van der Waals surface area (Å²) < 4.78 is 38.5. The van der Waals surface area contributed by atoms with Crippen LogP contribution in [0.5, 0.6) is 0 Å². The van der Waals surface area contributed by atoms with E-state index in [1.54, 1.807) is 0 Å². The number of rotatable bonds is 7. The van der Waals surface area contributed by atoms with Crippen LogP contribution in [0, 0.1) is 5.41 Å². The molecule has 10 nitrogen and oxygen atoms in total. The molecule has 0 bridgehead atoms. The van der Waals surface area contributed by atoms with Crippen molar-refractivity contribution < 1.29 is 27.6 Å². The maximum atomic E-state index is 12.8. The molecule has 1 atom stereocenters. The first-order chi connectivity index (χ1) is 15.6. The summed E-state index contributed by atoms with van der Waals surface area (Å²) in [4.78, 5) is 45.3. The third kappa shape index (κ3) is 5.61. The molecule has 3 heterocycles. The lowest BCUT2D eigenvalue weighted by Gasteiger charge is -2.24. The van der Waals surface area contributed by atoms with Crippen LogP contribution in [0.3, 0.4) is 0 Å². The Morgan fingerprint density at radius 1 is 1.24 bits per heavy atom. The highest BCUT2D eigenvalue weighted by Gasteiger charge is 2.35. The first kappa shape index (κ1) is 23.6. The number of pyridine rings is 2. The lowest BCUT2D eigenvalue weighted by Crippen LogP contribution is -2.45. The van der Waals surface area contributed by atoms with E-state index in [0.29, 0.717) is 12.8 Å². The molecule has 3 amide bonds. The van der Waals surface area contributed by atoms with E-state index in [0.717, 1.165) is 12.1 Å². The van der Waals surface area contributed by atoms with Crippen molar-refractivity contribution in [2.24, 2.45) is 5.73 Å². The first-order valence-corrected chi connectivity index (χ1v) is 9.79. The van der Waals surface area contributed by atoms with Gasteiger partial charge in [-0.2, -0.15) is 13.2 Å². The van der Waals surface area contributed by atoms with Gasteiger partial charge in [0.1, 0.15) is 23.3 Å². The molecule has 1 aliphatic rings. The number of primary amides is 1. The number of nitrogens with zero attached hydrogens (tertiary/aromatic N) is 3. The number of anilines is 2. The van der Waals surface area contributed by atoms with Crippen molar-refractivity contribution in [3.05, 3.63) is 47.9 Å². The smallest absolute Gasteiger partial charge is 0.374 e. The van der Waals surface area contributed by atoms with Crippen molar-refractivity contribution in [2.45, 2.75) is 25.1 Å². The van der Waals surface area contributed by atoms with Gasteiger partial charge >= 0.3 is 6.18 Å². The van der Waals surface area contributed by atoms with Crippen molar-refractivity contribution in [1.29, 1.82) is 5.41 Å². The standard InChI is InChI=1S/C20H20F3N7O3/c21-20(22,23)14-4-1-5-15(28-14)29-19(33)13-3-2-8-30(13)16(31)10-27-12-9-26-7-6-11(12)17(24)18(25)32/h1,4-7,9,13,24,27H,2-3,8,10H2,(H2,25,32)(H,28,29,33)/t13-/m0/s1. The Balaban J connectivity index is 1.66. The van der Waals surface area contributed by atoms with Crippen molar-refractivity contribution >= 4 is 34.9 Å². The van der Waals surface area contributed by atoms with Gasteiger partial charge in [-0.3, -0.25) is 24.8 Å². The molecule has 2 aromatic heterocycles. The van der Waals surface area contributed by atoms with Gasteiger partial charge in [0.05, 0.1) is 18.4 Å². The summed E-state index contributed by atoms with van der Waals surface area (Å²) in [6.45, 7) is 0.0158. The van der Waals surface area contributed by atoms with Gasteiger partial charge in [0.25, 0.3) is 5.91 Å². The molecule has 2 aromatic rings. The maximum Gasteiger partial charge on any atom is 0.433 e. The van der Waals surface area contributed by atoms with Crippen LogP contribution in [0.2, 0.25) is 0 Å². The van der Waals surface area contributed by atoms with E-state index in [1.807, 2.05) is 0 Å². The summed E-state index contributed by atoms with van der Waals surface area (Å²) in [7, 11) is 0. The number of aromatic nitrogens is 2. The number of carbonyl (C=O) groups is 3. The molecule has 0 radical (unpaired) electrons. The minimum Gasteiger partial charge on any atom is -0.374 e. The Labute approximate surface area is 185 Å². The molecule has 0 spiro atoms. The molecule has 3 rings (SSSR count). The Kier molecular flexibility index (Phi) is 6.89. The third-order valence-corrected chi connectivity index (χ3v) is 4.93. The number of alkyl halides is 3. The average Bonchev–Trinajstić information content (AvgIpc) is 3.27. The number of likely N-dealkylation sites (tertiary alicyclic amines) is 1. The van der Waals surface area contributed by atoms with E-state index in [4.69, 9.17) is 11.1 Å². The van der Waals surface area contributed by atoms with Gasteiger partial charge in [-0.05, 0) is 31.0 Å². The number of hydrogen-bond donors (Lipinski definition) is 4. The number of amides is 3. The predicted molar refractivity (Wildman–Crippen MR) is 111 cm³/mol. The van der Waals surface area contributed by atoms with Crippen LogP contribution in [0.4, 0.5) is 24.7 Å². The molecule has 1 aliphatic heterocycles. The van der Waals surface area contributed by atoms with Crippen molar-refractivity contribution in [1.82, 2.24) is 14.9 Å². The van der Waals surface area contributed by atoms with Gasteiger partial charge in [-0.25, -0.2) is 4.98 Å². The van der Waals surface area contributed by atoms with Crippen molar-refractivity contribution in [3.63, 3.8) is 0 Å². The summed E-state index contributed by atoms with van der Waals surface area (Å²) in [6, 6.07) is 3.66. The molecule has 33 heavy (non-hydrogen) atoms. The SMILES string of the molecule is N=C(C(N)=O)c1ccncc1NCC(=O)N1CCC[C@H]1C(=O)Nc1cccc(C(F)(F)F)n1. The van der Waals surface area contributed by atoms with Gasteiger partial charge in [-0.1, -0.05) is 6.07 Å². The molecule has 174 valence electrons. The second-order valence-corrected chi connectivity index (χ2v) is 7.15. The fourth-order valence-corrected chi connectivity index (χ4v) is 3.37. The van der Waals surface area contributed by atoms with Crippen LogP contribution in [0.25, 0.3) is 0 Å². The lowest BCUT2D eigenvalue weighted by molar-refractivity contribution is -0.141. The minimum absolute atomic E-state index is 0.164. The molecule has 0 aliphatic carbocycles. The Morgan fingerprint density at radius 3 is 2.70 bits per heavy atom. The highest BCUT2D eigenvalue weighted by molar-refractivity contribution is 6.44. The number of halogens is 3. The van der Waals surface area contributed by atoms with Crippen LogP contribution in [-0.2, 0) is 20.6 Å². The molecule has 1 fully saturated rings. The summed E-state index contributed by atoms with van der Waals surface area (Å²) in [5.74, 6) is -2.32. The zero-order chi connectivity index (χ0) is 24.2. The summed E-state index contributed by atoms with van der Waals surface area (Å²) in [6.07, 6.45) is -1.10. The van der Waals surface area contributed by atoms with Crippen LogP contribution in [-0.4, -0.2) is 57.4 Å². The van der Waals surface area contributed by atoms with E-state index in [2.05, 4.69) is 20.6 Å². The fraction of sp³-hybridized carbons (Fsp3) is 0.300. The van der Waals surface area contributed by atoms with Gasteiger partial charge in [0.15, 0.2) is 0 Å². The molecule has 0 saturated carbocycles. The van der Waals surface area contributed by atoms with Crippen molar-refractivity contribution in [2.75, 3.05) is 23.7 Å². The topological polar surface area (TPSA) is 154 Å². The summed E-state index contributed by atoms with van der Waals surface area (Å²) in [5, 5.41) is 12.9. The molecular formula is C20H20F3N7O3. The Hall–Kier alpha value is -4.03. The van der Waals surface area contributed by atoms with Gasteiger partial charge < -0.3 is 21.3 Å². The van der Waals surface area contributed by atoms with Crippen LogP contribution in [0.15, 0.2) is 36.7 Å². The number of nitrogens with one attached hydrogen (secondary N) is 3. The summed E-state index contributed by atoms with van der Waals surface area (Å²) >= 11 is 0. The quantitative estimate of drug-likeness (QED) is 0.455. The van der Waals surface area contributed by atoms with Crippen molar-refractivity contribution in [3.8, 4) is 0 Å². The maximum absolute atomic E-state index is 12.8. The normalized spacial score (nSPS) is 15.7. The molecule has 1 saturated heterocycles. The average molecular weight is 463 g/mol. The molecule has 13 heteroatoms. The molecule has 5 N–H and O–H groups in total. The monoisotopic (exact) mass is 463 g/mol. The van der Waals surface area contributed by atoms with Crippen LogP contribution in [0.1, 0.15) is 24.1 Å². The number of nitrogens with two attached hydrogens (primary N) is 1. The second-order valence-electron chi connectivity index (χ2n) is 7.15. The lowest BCUT2D eigenvalue weighted by atomic mass is 10.1. The van der Waals surface area contributed by atoms with Gasteiger partial charge in [0.2, 0.25) is 11.8 Å². The molecule has 0 aromatic carbocycles. The first-order valence-electron chi connectivity index (χ1n) is 9.79. The van der Waals surface area contributed by atoms with Crippen LogP contribution < -0.4 is 16.4 Å². The van der Waals surface area contributed by atoms with E-state index in [9.17, 15) is 27.6 Å². The molecular weight excluding hydrogens is 443 g/mol. The van der Waals surface area contributed by atoms with E-state index in [-0.39, 0.29) is 30.2 Å². The Bertz CT molecular complexity index is 1090. The molecule has 0 unspecified atom stereocenters. The highest BCUT2D eigenvalue weighted by Crippen LogP contribution is 2.28. The summed E-state index contributed by atoms with van der Waals surface area (Å²) in [5.41, 5.74) is 3.94. The predicted octanol–water partition coefficient (Wildman–Crippen LogP) is 1.39. The number of hydrogen-bond acceptors (Lipinski definition) is 7. The van der Waals surface area contributed by atoms with Crippen LogP contribution >= 0.6 is 0 Å². The highest BCUT2D eigenvalue weighted by atomic mass is 19.4. The van der Waals surface area contributed by atoms with E-state index in [1.165, 1.54) is 29.4 Å². The zero-order valence-corrected chi connectivity index (χ0v) is 17.1. The fourth-order valence-electron chi connectivity index (χ4n) is 3.37. The van der Waals surface area contributed by atoms with Gasteiger partial charge in [-0.15, -0.1) is 0 Å². The van der Waals surface area contributed by atoms with E-state index >= 15 is 0 Å². The minimum atomic E-state index is -4.65. The third-order valence-electron chi connectivity index (χ3n) is 4.93. The van der Waals surface area contributed by atoms with E-state index < -0.39 is 41.3 Å². The largest absolute Gasteiger partial charge is 0.433 e.